The molecule has 10 heteroatoms. The van der Waals surface area contributed by atoms with Crippen LogP contribution in [-0.2, 0) is 11.3 Å². The van der Waals surface area contributed by atoms with Gasteiger partial charge in [0.05, 0.1) is 31.8 Å². The lowest BCUT2D eigenvalue weighted by atomic mass is 10.1. The van der Waals surface area contributed by atoms with Crippen LogP contribution in [0.3, 0.4) is 0 Å². The molecule has 3 aromatic rings. The lowest BCUT2D eigenvalue weighted by Gasteiger charge is -2.11. The zero-order chi connectivity index (χ0) is 22.4. The molecule has 3 N–H and O–H groups in total. The van der Waals surface area contributed by atoms with Crippen LogP contribution in [0, 0.1) is 0 Å². The van der Waals surface area contributed by atoms with Gasteiger partial charge in [0, 0.05) is 25.2 Å². The third-order valence-corrected chi connectivity index (χ3v) is 4.63. The molecule has 0 aliphatic carbocycles. The van der Waals surface area contributed by atoms with E-state index >= 15 is 0 Å². The SMILES string of the molecule is COc1ccc(-n2nc(C(=O)N(C)OC)cc2-c2ccc(CCNC(N)=O)cc2)cn1. The quantitative estimate of drug-likeness (QED) is 0.531. The molecule has 0 atom stereocenters. The molecule has 0 saturated heterocycles. The maximum atomic E-state index is 12.6. The molecular weight excluding hydrogens is 400 g/mol. The molecule has 2 aromatic heterocycles. The van der Waals surface area contributed by atoms with Crippen LogP contribution in [0.4, 0.5) is 4.79 Å². The summed E-state index contributed by atoms with van der Waals surface area (Å²) >= 11 is 0. The van der Waals surface area contributed by atoms with Crippen molar-refractivity contribution in [3.05, 3.63) is 59.9 Å². The van der Waals surface area contributed by atoms with Gasteiger partial charge in [0.1, 0.15) is 0 Å². The molecule has 3 rings (SSSR count). The number of ether oxygens (including phenoxy) is 1. The smallest absolute Gasteiger partial charge is 0.312 e. The number of nitrogens with zero attached hydrogens (tertiary/aromatic N) is 4. The van der Waals surface area contributed by atoms with Gasteiger partial charge >= 0.3 is 6.03 Å². The largest absolute Gasteiger partial charge is 0.481 e. The van der Waals surface area contributed by atoms with Gasteiger partial charge in [0.2, 0.25) is 5.88 Å². The Labute approximate surface area is 179 Å². The van der Waals surface area contributed by atoms with Gasteiger partial charge in [-0.15, -0.1) is 0 Å². The molecule has 3 amide bonds. The van der Waals surface area contributed by atoms with Crippen LogP contribution in [-0.4, -0.2) is 59.6 Å². The van der Waals surface area contributed by atoms with E-state index in [0.717, 1.165) is 16.2 Å². The summed E-state index contributed by atoms with van der Waals surface area (Å²) in [5.74, 6) is 0.0971. The van der Waals surface area contributed by atoms with Gasteiger partial charge in [-0.1, -0.05) is 24.3 Å². The van der Waals surface area contributed by atoms with Crippen LogP contribution in [0.25, 0.3) is 16.9 Å². The monoisotopic (exact) mass is 424 g/mol. The summed E-state index contributed by atoms with van der Waals surface area (Å²) in [5.41, 5.74) is 8.59. The van der Waals surface area contributed by atoms with Crippen molar-refractivity contribution in [2.45, 2.75) is 6.42 Å². The van der Waals surface area contributed by atoms with Crippen molar-refractivity contribution in [3.8, 4) is 22.8 Å². The van der Waals surface area contributed by atoms with Crippen molar-refractivity contribution in [2.75, 3.05) is 27.8 Å². The first kappa shape index (κ1) is 21.8. The van der Waals surface area contributed by atoms with Crippen molar-refractivity contribution >= 4 is 11.9 Å². The van der Waals surface area contributed by atoms with E-state index in [2.05, 4.69) is 15.4 Å². The summed E-state index contributed by atoms with van der Waals surface area (Å²) in [4.78, 5) is 32.6. The minimum absolute atomic E-state index is 0.227. The number of amides is 3. The number of nitrogens with one attached hydrogen (secondary N) is 1. The highest BCUT2D eigenvalue weighted by Gasteiger charge is 2.20. The second-order valence-corrected chi connectivity index (χ2v) is 6.61. The number of pyridine rings is 1. The number of hydrogen-bond donors (Lipinski definition) is 2. The number of benzene rings is 1. The van der Waals surface area contributed by atoms with E-state index in [1.54, 1.807) is 36.2 Å². The number of hydrogen-bond acceptors (Lipinski definition) is 6. The van der Waals surface area contributed by atoms with Crippen LogP contribution in [0.2, 0.25) is 0 Å². The Bertz CT molecular complexity index is 1050. The fraction of sp³-hybridized carbons (Fsp3) is 0.238. The van der Waals surface area contributed by atoms with Gasteiger partial charge < -0.3 is 15.8 Å². The number of aromatic nitrogens is 3. The number of urea groups is 1. The third kappa shape index (κ3) is 5.17. The van der Waals surface area contributed by atoms with Gasteiger partial charge in [0.15, 0.2) is 5.69 Å². The summed E-state index contributed by atoms with van der Waals surface area (Å²) in [6.07, 6.45) is 2.26. The number of nitrogens with two attached hydrogens (primary N) is 1. The zero-order valence-corrected chi connectivity index (χ0v) is 17.5. The zero-order valence-electron chi connectivity index (χ0n) is 17.5. The van der Waals surface area contributed by atoms with Crippen molar-refractivity contribution in [1.29, 1.82) is 0 Å². The number of carbonyl (C=O) groups is 2. The fourth-order valence-electron chi connectivity index (χ4n) is 2.92. The topological polar surface area (TPSA) is 125 Å². The molecule has 31 heavy (non-hydrogen) atoms. The highest BCUT2D eigenvalue weighted by Crippen LogP contribution is 2.25. The molecule has 0 bridgehead atoms. The second-order valence-electron chi connectivity index (χ2n) is 6.61. The Morgan fingerprint density at radius 2 is 1.90 bits per heavy atom. The number of hydroxylamine groups is 2. The lowest BCUT2D eigenvalue weighted by Crippen LogP contribution is -2.30. The van der Waals surface area contributed by atoms with Crippen LogP contribution in [0.15, 0.2) is 48.7 Å². The molecule has 0 unspecified atom stereocenters. The van der Waals surface area contributed by atoms with Gasteiger partial charge in [-0.2, -0.15) is 5.10 Å². The molecule has 0 aliphatic rings. The summed E-state index contributed by atoms with van der Waals surface area (Å²) in [5, 5.41) is 8.15. The summed E-state index contributed by atoms with van der Waals surface area (Å²) in [6.45, 7) is 0.451. The van der Waals surface area contributed by atoms with E-state index in [0.29, 0.717) is 30.2 Å². The Morgan fingerprint density at radius 1 is 1.16 bits per heavy atom. The lowest BCUT2D eigenvalue weighted by molar-refractivity contribution is -0.0760. The molecular formula is C21H24N6O4. The van der Waals surface area contributed by atoms with Gasteiger partial charge in [0.25, 0.3) is 5.91 Å². The number of primary amides is 1. The maximum Gasteiger partial charge on any atom is 0.312 e. The van der Waals surface area contributed by atoms with Crippen LogP contribution in [0.5, 0.6) is 5.88 Å². The van der Waals surface area contributed by atoms with Crippen molar-refractivity contribution in [2.24, 2.45) is 5.73 Å². The van der Waals surface area contributed by atoms with Gasteiger partial charge in [-0.25, -0.2) is 19.5 Å². The first-order valence-corrected chi connectivity index (χ1v) is 9.48. The van der Waals surface area contributed by atoms with E-state index in [9.17, 15) is 9.59 Å². The Balaban J connectivity index is 1.96. The predicted molar refractivity (Wildman–Crippen MR) is 114 cm³/mol. The normalized spacial score (nSPS) is 10.5. The molecule has 10 nitrogen and oxygen atoms in total. The molecule has 0 saturated carbocycles. The summed E-state index contributed by atoms with van der Waals surface area (Å²) < 4.78 is 6.76. The highest BCUT2D eigenvalue weighted by atomic mass is 16.7. The maximum absolute atomic E-state index is 12.6. The molecule has 0 fully saturated rings. The predicted octanol–water partition coefficient (Wildman–Crippen LogP) is 1.79. The van der Waals surface area contributed by atoms with E-state index in [-0.39, 0.29) is 11.6 Å². The third-order valence-electron chi connectivity index (χ3n) is 4.63. The molecule has 1 aromatic carbocycles. The molecule has 162 valence electrons. The van der Waals surface area contributed by atoms with Gasteiger partial charge in [-0.3, -0.25) is 9.63 Å². The Morgan fingerprint density at radius 3 is 2.48 bits per heavy atom. The van der Waals surface area contributed by atoms with E-state index in [4.69, 9.17) is 15.3 Å². The molecule has 0 radical (unpaired) electrons. The minimum Gasteiger partial charge on any atom is -0.481 e. The Kier molecular flexibility index (Phi) is 6.83. The number of carbonyl (C=O) groups excluding carboxylic acids is 2. The highest BCUT2D eigenvalue weighted by molar-refractivity contribution is 5.92. The number of methoxy groups -OCH3 is 1. The minimum atomic E-state index is -0.549. The standard InChI is InChI=1S/C21H24N6O4/c1-26(31-3)20(28)17-12-18(27(25-17)16-8-9-19(30-2)24-13-16)15-6-4-14(5-7-15)10-11-23-21(22)29/h4-9,12-13H,10-11H2,1-3H3,(H3,22,23,29). The first-order chi connectivity index (χ1) is 14.9. The van der Waals surface area contributed by atoms with Crippen molar-refractivity contribution in [3.63, 3.8) is 0 Å². The van der Waals surface area contributed by atoms with E-state index < -0.39 is 6.03 Å². The van der Waals surface area contributed by atoms with Crippen molar-refractivity contribution in [1.82, 2.24) is 25.1 Å². The molecule has 0 aliphatic heterocycles. The second kappa shape index (κ2) is 9.72. The van der Waals surface area contributed by atoms with Crippen molar-refractivity contribution < 1.29 is 19.2 Å². The molecule has 2 heterocycles. The van der Waals surface area contributed by atoms with Crippen LogP contribution in [0.1, 0.15) is 16.1 Å². The van der Waals surface area contributed by atoms with Gasteiger partial charge in [-0.05, 0) is 24.1 Å². The fourth-order valence-corrected chi connectivity index (χ4v) is 2.92. The van der Waals surface area contributed by atoms with Crippen LogP contribution >= 0.6 is 0 Å². The average molecular weight is 424 g/mol. The summed E-state index contributed by atoms with van der Waals surface area (Å²) in [6, 6.07) is 12.4. The number of rotatable bonds is 8. The summed E-state index contributed by atoms with van der Waals surface area (Å²) in [7, 11) is 4.47. The van der Waals surface area contributed by atoms with Crippen LogP contribution < -0.4 is 15.8 Å². The van der Waals surface area contributed by atoms with E-state index in [1.165, 1.54) is 14.2 Å². The molecule has 0 spiro atoms. The average Bonchev–Trinajstić information content (AvgIpc) is 3.23. The Hall–Kier alpha value is -3.92. The first-order valence-electron chi connectivity index (χ1n) is 9.48. The van der Waals surface area contributed by atoms with E-state index in [1.807, 2.05) is 24.3 Å².